The van der Waals surface area contributed by atoms with Gasteiger partial charge in [0.15, 0.2) is 18.1 Å². The Hall–Kier alpha value is -2.78. The maximum Gasteiger partial charge on any atom is 0.343 e. The van der Waals surface area contributed by atoms with Crippen molar-refractivity contribution in [2.45, 2.75) is 6.92 Å². The number of benzene rings is 2. The van der Waals surface area contributed by atoms with E-state index >= 15 is 0 Å². The van der Waals surface area contributed by atoms with Crippen molar-refractivity contribution in [1.82, 2.24) is 0 Å². The van der Waals surface area contributed by atoms with Crippen LogP contribution < -0.4 is 14.4 Å². The Labute approximate surface area is 186 Å². The highest BCUT2D eigenvalue weighted by atomic mass is 79.9. The van der Waals surface area contributed by atoms with Crippen molar-refractivity contribution >= 4 is 56.6 Å². The van der Waals surface area contributed by atoms with Gasteiger partial charge in [0.2, 0.25) is 0 Å². The standard InChI is InChI=1S/C21H18BrNO6S/c1-3-28-16-9-13(15(22)11-17(16)29-12-19(24)27-2)10-18-20(25)23(21(26)30-18)14-7-5-4-6-8-14/h4-11H,3,12H2,1-2H3/b18-10-. The van der Waals surface area contributed by atoms with Crippen molar-refractivity contribution in [1.29, 1.82) is 0 Å². The van der Waals surface area contributed by atoms with Crippen LogP contribution in [-0.2, 0) is 14.3 Å². The van der Waals surface area contributed by atoms with Crippen molar-refractivity contribution in [3.05, 3.63) is 57.4 Å². The Morgan fingerprint density at radius 2 is 1.83 bits per heavy atom. The highest BCUT2D eigenvalue weighted by Crippen LogP contribution is 2.39. The predicted octanol–water partition coefficient (Wildman–Crippen LogP) is 4.64. The van der Waals surface area contributed by atoms with Gasteiger partial charge >= 0.3 is 5.97 Å². The molecule has 2 aromatic carbocycles. The lowest BCUT2D eigenvalue weighted by molar-refractivity contribution is -0.142. The molecule has 1 aliphatic heterocycles. The molecule has 0 bridgehead atoms. The fourth-order valence-corrected chi connectivity index (χ4v) is 3.92. The van der Waals surface area contributed by atoms with E-state index in [1.807, 2.05) is 13.0 Å². The van der Waals surface area contributed by atoms with Crippen LogP contribution in [0.1, 0.15) is 12.5 Å². The van der Waals surface area contributed by atoms with E-state index in [9.17, 15) is 14.4 Å². The Kier molecular flexibility index (Phi) is 7.17. The summed E-state index contributed by atoms with van der Waals surface area (Å²) in [5.74, 6) is -0.166. The topological polar surface area (TPSA) is 82.1 Å². The second-order valence-electron chi connectivity index (χ2n) is 5.97. The summed E-state index contributed by atoms with van der Waals surface area (Å²) in [7, 11) is 1.27. The van der Waals surface area contributed by atoms with Gasteiger partial charge in [-0.25, -0.2) is 9.69 Å². The molecule has 30 heavy (non-hydrogen) atoms. The zero-order chi connectivity index (χ0) is 21.7. The number of imide groups is 1. The Morgan fingerprint density at radius 1 is 1.13 bits per heavy atom. The SMILES string of the molecule is CCOc1cc(/C=C2\SC(=O)N(c3ccccc3)C2=O)c(Br)cc1OCC(=O)OC. The number of methoxy groups -OCH3 is 1. The van der Waals surface area contributed by atoms with Crippen LogP contribution in [-0.4, -0.2) is 37.4 Å². The number of hydrogen-bond acceptors (Lipinski definition) is 7. The number of para-hydroxylation sites is 1. The van der Waals surface area contributed by atoms with Gasteiger partial charge in [-0.3, -0.25) is 9.59 Å². The van der Waals surface area contributed by atoms with E-state index in [4.69, 9.17) is 9.47 Å². The third-order valence-electron chi connectivity index (χ3n) is 4.03. The molecule has 3 rings (SSSR count). The van der Waals surface area contributed by atoms with Gasteiger partial charge in [0.1, 0.15) is 0 Å². The Balaban J connectivity index is 1.91. The minimum Gasteiger partial charge on any atom is -0.490 e. The molecule has 0 spiro atoms. The fourth-order valence-electron chi connectivity index (χ4n) is 2.65. The normalized spacial score (nSPS) is 14.9. The molecular weight excluding hydrogens is 474 g/mol. The molecule has 2 amide bonds. The average molecular weight is 492 g/mol. The molecular formula is C21H18BrNO6S. The van der Waals surface area contributed by atoms with Gasteiger partial charge in [0.05, 0.1) is 24.3 Å². The molecule has 0 saturated carbocycles. The molecule has 0 unspecified atom stereocenters. The summed E-state index contributed by atoms with van der Waals surface area (Å²) in [5, 5.41) is -0.364. The van der Waals surface area contributed by atoms with Crippen molar-refractivity contribution in [2.24, 2.45) is 0 Å². The van der Waals surface area contributed by atoms with Gasteiger partial charge in [-0.1, -0.05) is 34.1 Å². The predicted molar refractivity (Wildman–Crippen MR) is 118 cm³/mol. The highest BCUT2D eigenvalue weighted by Gasteiger charge is 2.36. The summed E-state index contributed by atoms with van der Waals surface area (Å²) >= 11 is 4.31. The van der Waals surface area contributed by atoms with Gasteiger partial charge in [0.25, 0.3) is 11.1 Å². The quantitative estimate of drug-likeness (QED) is 0.412. The first kappa shape index (κ1) is 21.9. The molecule has 0 N–H and O–H groups in total. The van der Waals surface area contributed by atoms with Crippen molar-refractivity contribution in [3.8, 4) is 11.5 Å². The average Bonchev–Trinajstić information content (AvgIpc) is 3.02. The number of carbonyl (C=O) groups excluding carboxylic acids is 3. The number of ether oxygens (including phenoxy) is 3. The summed E-state index contributed by atoms with van der Waals surface area (Å²) in [6, 6.07) is 12.1. The van der Waals surface area contributed by atoms with E-state index in [1.165, 1.54) is 7.11 Å². The number of amides is 2. The van der Waals surface area contributed by atoms with Crippen LogP contribution in [0.25, 0.3) is 6.08 Å². The maximum absolute atomic E-state index is 12.8. The second kappa shape index (κ2) is 9.82. The molecule has 9 heteroatoms. The van der Waals surface area contributed by atoms with Crippen LogP contribution in [0.15, 0.2) is 51.8 Å². The largest absolute Gasteiger partial charge is 0.490 e. The van der Waals surface area contributed by atoms with E-state index in [2.05, 4.69) is 20.7 Å². The van der Waals surface area contributed by atoms with E-state index in [-0.39, 0.29) is 16.8 Å². The summed E-state index contributed by atoms with van der Waals surface area (Å²) in [4.78, 5) is 38.0. The van der Waals surface area contributed by atoms with Gasteiger partial charge in [-0.2, -0.15) is 0 Å². The third-order valence-corrected chi connectivity index (χ3v) is 5.59. The summed E-state index contributed by atoms with van der Waals surface area (Å²) in [6.45, 7) is 1.93. The minimum atomic E-state index is -0.521. The van der Waals surface area contributed by atoms with Crippen LogP contribution in [0, 0.1) is 0 Å². The van der Waals surface area contributed by atoms with Gasteiger partial charge in [0, 0.05) is 4.47 Å². The molecule has 0 aromatic heterocycles. The van der Waals surface area contributed by atoms with E-state index in [0.717, 1.165) is 16.7 Å². The van der Waals surface area contributed by atoms with Crippen molar-refractivity contribution in [2.75, 3.05) is 25.2 Å². The van der Waals surface area contributed by atoms with E-state index in [0.29, 0.717) is 33.8 Å². The minimum absolute atomic E-state index is 0.266. The van der Waals surface area contributed by atoms with Gasteiger partial charge in [-0.05, 0) is 54.6 Å². The number of thioether (sulfide) groups is 1. The number of halogens is 1. The molecule has 2 aromatic rings. The van der Waals surface area contributed by atoms with Crippen LogP contribution in [0.2, 0.25) is 0 Å². The fraction of sp³-hybridized carbons (Fsp3) is 0.190. The molecule has 0 aliphatic carbocycles. The molecule has 1 heterocycles. The van der Waals surface area contributed by atoms with Crippen LogP contribution in [0.3, 0.4) is 0 Å². The third kappa shape index (κ3) is 4.85. The first-order valence-electron chi connectivity index (χ1n) is 8.93. The van der Waals surface area contributed by atoms with Crippen LogP contribution in [0.5, 0.6) is 11.5 Å². The zero-order valence-electron chi connectivity index (χ0n) is 16.2. The molecule has 0 radical (unpaired) electrons. The van der Waals surface area contributed by atoms with Crippen LogP contribution >= 0.6 is 27.7 Å². The molecule has 7 nitrogen and oxygen atoms in total. The smallest absolute Gasteiger partial charge is 0.343 e. The molecule has 1 aliphatic rings. The Bertz CT molecular complexity index is 1010. The summed E-state index contributed by atoms with van der Waals surface area (Å²) < 4.78 is 16.3. The Morgan fingerprint density at radius 3 is 2.50 bits per heavy atom. The van der Waals surface area contributed by atoms with Crippen LogP contribution in [0.4, 0.5) is 10.5 Å². The lowest BCUT2D eigenvalue weighted by Crippen LogP contribution is -2.27. The lowest BCUT2D eigenvalue weighted by Gasteiger charge is -2.14. The molecule has 156 valence electrons. The number of nitrogens with zero attached hydrogens (tertiary/aromatic N) is 1. The number of esters is 1. The van der Waals surface area contributed by atoms with E-state index in [1.54, 1.807) is 42.5 Å². The molecule has 1 fully saturated rings. The maximum atomic E-state index is 12.8. The summed E-state index contributed by atoms with van der Waals surface area (Å²) in [6.07, 6.45) is 1.62. The van der Waals surface area contributed by atoms with Gasteiger partial charge in [-0.15, -0.1) is 0 Å². The number of carbonyl (C=O) groups is 3. The van der Waals surface area contributed by atoms with E-state index < -0.39 is 11.9 Å². The second-order valence-corrected chi connectivity index (χ2v) is 7.82. The van der Waals surface area contributed by atoms with Crippen molar-refractivity contribution < 1.29 is 28.6 Å². The highest BCUT2D eigenvalue weighted by molar-refractivity contribution is 9.10. The zero-order valence-corrected chi connectivity index (χ0v) is 18.6. The van der Waals surface area contributed by atoms with Crippen molar-refractivity contribution in [3.63, 3.8) is 0 Å². The number of rotatable bonds is 7. The molecule has 1 saturated heterocycles. The van der Waals surface area contributed by atoms with Gasteiger partial charge < -0.3 is 14.2 Å². The lowest BCUT2D eigenvalue weighted by atomic mass is 10.1. The first-order valence-corrected chi connectivity index (χ1v) is 10.5. The number of anilines is 1. The molecule has 0 atom stereocenters. The first-order chi connectivity index (χ1) is 14.4. The summed E-state index contributed by atoms with van der Waals surface area (Å²) in [5.41, 5.74) is 1.14. The monoisotopic (exact) mass is 491 g/mol. The number of hydrogen-bond donors (Lipinski definition) is 0.